The highest BCUT2D eigenvalue weighted by Gasteiger charge is 2.47. The van der Waals surface area contributed by atoms with Crippen LogP contribution in [0.3, 0.4) is 0 Å². The molecule has 1 aliphatic heterocycles. The van der Waals surface area contributed by atoms with Crippen molar-refractivity contribution in [3.63, 3.8) is 0 Å². The fraction of sp³-hybridized carbons (Fsp3) is 0.412. The summed E-state index contributed by atoms with van der Waals surface area (Å²) in [5.41, 5.74) is -0.237. The number of imide groups is 1. The van der Waals surface area contributed by atoms with Crippen LogP contribution in [0.15, 0.2) is 41.2 Å². The Balaban J connectivity index is 1.60. The van der Waals surface area contributed by atoms with Gasteiger partial charge < -0.3 is 0 Å². The van der Waals surface area contributed by atoms with E-state index < -0.39 is 39.4 Å². The normalized spacial score (nSPS) is 23.4. The zero-order chi connectivity index (χ0) is 20.1. The first kappa shape index (κ1) is 18.7. The number of carbonyl (C=O) groups excluding carboxylic acids is 2. The summed E-state index contributed by atoms with van der Waals surface area (Å²) >= 11 is 0. The molecular weight excluding hydrogens is 389 g/mol. The van der Waals surface area contributed by atoms with E-state index in [1.807, 2.05) is 0 Å². The summed E-state index contributed by atoms with van der Waals surface area (Å²) in [6, 6.07) is -0.723. The number of alkyl halides is 1. The van der Waals surface area contributed by atoms with Gasteiger partial charge in [0.2, 0.25) is 10.0 Å². The zero-order valence-corrected chi connectivity index (χ0v) is 15.8. The Kier molecular flexibility index (Phi) is 4.31. The fourth-order valence-electron chi connectivity index (χ4n) is 3.11. The number of halogens is 1. The maximum atomic E-state index is 13.1. The molecule has 1 fully saturated rings. The van der Waals surface area contributed by atoms with E-state index in [-0.39, 0.29) is 17.8 Å². The summed E-state index contributed by atoms with van der Waals surface area (Å²) in [7, 11) is -2.22. The maximum absolute atomic E-state index is 13.1. The molecule has 0 aromatic carbocycles. The second-order valence-corrected chi connectivity index (χ2v) is 9.00. The highest BCUT2D eigenvalue weighted by Crippen LogP contribution is 2.37. The van der Waals surface area contributed by atoms with Crippen molar-refractivity contribution < 1.29 is 22.4 Å². The lowest BCUT2D eigenvalue weighted by atomic mass is 10.0. The smallest absolute Gasteiger partial charge is 0.275 e. The molecule has 1 N–H and O–H groups in total. The molecule has 1 unspecified atom stereocenters. The van der Waals surface area contributed by atoms with E-state index in [1.165, 1.54) is 24.4 Å². The Hall–Kier alpha value is -2.66. The van der Waals surface area contributed by atoms with Crippen molar-refractivity contribution >= 4 is 27.7 Å². The molecule has 1 aromatic rings. The molecule has 0 saturated heterocycles. The van der Waals surface area contributed by atoms with Crippen molar-refractivity contribution in [3.8, 4) is 0 Å². The van der Waals surface area contributed by atoms with Crippen LogP contribution in [-0.4, -0.2) is 58.2 Å². The lowest BCUT2D eigenvalue weighted by Gasteiger charge is -2.27. The SMILES string of the molecule is Cn1cc(CN2C(=O)N=C3C=CC(S(=O)(=O)NC4(CF)CC4)C=C3C2=O)cn1. The molecule has 4 rings (SSSR count). The summed E-state index contributed by atoms with van der Waals surface area (Å²) in [5.74, 6) is -0.630. The minimum absolute atomic E-state index is 0.0238. The lowest BCUT2D eigenvalue weighted by Crippen LogP contribution is -2.45. The van der Waals surface area contributed by atoms with Gasteiger partial charge in [-0.1, -0.05) is 6.08 Å². The average molecular weight is 407 g/mol. The molecule has 0 spiro atoms. The highest BCUT2D eigenvalue weighted by atomic mass is 32.2. The minimum Gasteiger partial charge on any atom is -0.275 e. The Morgan fingerprint density at radius 2 is 2.11 bits per heavy atom. The van der Waals surface area contributed by atoms with Crippen LogP contribution < -0.4 is 4.72 Å². The molecule has 0 radical (unpaired) electrons. The van der Waals surface area contributed by atoms with E-state index >= 15 is 0 Å². The number of allylic oxidation sites excluding steroid dienone is 1. The number of amides is 3. The molecule has 1 aromatic heterocycles. The van der Waals surface area contributed by atoms with Gasteiger partial charge in [-0.3, -0.25) is 14.4 Å². The van der Waals surface area contributed by atoms with Crippen LogP contribution in [0.4, 0.5) is 9.18 Å². The summed E-state index contributed by atoms with van der Waals surface area (Å²) in [6.07, 6.45) is 7.99. The molecular formula is C17H18FN5O4S. The third-order valence-corrected chi connectivity index (χ3v) is 6.63. The van der Waals surface area contributed by atoms with Crippen LogP contribution in [0.1, 0.15) is 18.4 Å². The number of urea groups is 1. The number of nitrogens with one attached hydrogen (secondary N) is 1. The molecule has 11 heteroatoms. The Labute approximate surface area is 160 Å². The molecule has 3 aliphatic rings. The van der Waals surface area contributed by atoms with Crippen molar-refractivity contribution in [3.05, 3.63) is 41.8 Å². The largest absolute Gasteiger partial charge is 0.351 e. The summed E-state index contributed by atoms with van der Waals surface area (Å²) < 4.78 is 42.2. The number of nitrogens with zero attached hydrogens (tertiary/aromatic N) is 4. The number of hydrogen-bond acceptors (Lipinski definition) is 5. The van der Waals surface area contributed by atoms with Crippen LogP contribution in [0.25, 0.3) is 0 Å². The Morgan fingerprint density at radius 3 is 2.71 bits per heavy atom. The predicted octanol–water partition coefficient (Wildman–Crippen LogP) is 0.610. The zero-order valence-electron chi connectivity index (χ0n) is 15.0. The van der Waals surface area contributed by atoms with Gasteiger partial charge in [0.15, 0.2) is 0 Å². The first-order chi connectivity index (χ1) is 13.2. The predicted molar refractivity (Wildman–Crippen MR) is 97.6 cm³/mol. The van der Waals surface area contributed by atoms with Crippen LogP contribution in [0, 0.1) is 0 Å². The van der Waals surface area contributed by atoms with Gasteiger partial charge in [-0.2, -0.15) is 10.1 Å². The standard InChI is InChI=1S/C17H18FN5O4S/c1-22-8-11(7-19-22)9-23-15(24)13-6-12(2-3-14(13)20-16(23)25)28(26,27)21-17(10-18)4-5-17/h2-3,6-8,12,21H,4-5,9-10H2,1H3. The molecule has 28 heavy (non-hydrogen) atoms. The topological polar surface area (TPSA) is 114 Å². The van der Waals surface area contributed by atoms with Crippen molar-refractivity contribution in [1.29, 1.82) is 0 Å². The van der Waals surface area contributed by atoms with Gasteiger partial charge in [0.1, 0.15) is 11.9 Å². The van der Waals surface area contributed by atoms with Gasteiger partial charge in [-0.05, 0) is 25.0 Å². The molecule has 1 saturated carbocycles. The lowest BCUT2D eigenvalue weighted by molar-refractivity contribution is -0.124. The number of fused-ring (bicyclic) bond motifs is 1. The first-order valence-corrected chi connectivity index (χ1v) is 10.2. The van der Waals surface area contributed by atoms with Gasteiger partial charge in [-0.25, -0.2) is 22.3 Å². The number of rotatable bonds is 6. The van der Waals surface area contributed by atoms with Crippen molar-refractivity contribution in [1.82, 2.24) is 19.4 Å². The molecule has 1 atom stereocenters. The molecule has 148 valence electrons. The first-order valence-electron chi connectivity index (χ1n) is 8.64. The van der Waals surface area contributed by atoms with Crippen LogP contribution >= 0.6 is 0 Å². The molecule has 2 heterocycles. The van der Waals surface area contributed by atoms with Gasteiger partial charge >= 0.3 is 6.03 Å². The van der Waals surface area contributed by atoms with E-state index in [9.17, 15) is 22.4 Å². The van der Waals surface area contributed by atoms with Crippen LogP contribution in [-0.2, 0) is 28.4 Å². The monoisotopic (exact) mass is 407 g/mol. The minimum atomic E-state index is -3.93. The quantitative estimate of drug-likeness (QED) is 0.742. The van der Waals surface area contributed by atoms with Gasteiger partial charge in [0.25, 0.3) is 5.91 Å². The summed E-state index contributed by atoms with van der Waals surface area (Å²) in [5, 5.41) is 2.84. The third kappa shape index (κ3) is 3.31. The second-order valence-electron chi connectivity index (χ2n) is 7.16. The van der Waals surface area contributed by atoms with Crippen molar-refractivity contribution in [2.75, 3.05) is 6.67 Å². The van der Waals surface area contributed by atoms with Crippen molar-refractivity contribution in [2.24, 2.45) is 12.0 Å². The van der Waals surface area contributed by atoms with Crippen LogP contribution in [0.5, 0.6) is 0 Å². The Morgan fingerprint density at radius 1 is 1.36 bits per heavy atom. The van der Waals surface area contributed by atoms with E-state index in [1.54, 1.807) is 17.9 Å². The Bertz CT molecular complexity index is 1050. The fourth-order valence-corrected chi connectivity index (χ4v) is 4.71. The summed E-state index contributed by atoms with van der Waals surface area (Å²) in [6.45, 7) is -0.803. The van der Waals surface area contributed by atoms with Gasteiger partial charge in [-0.15, -0.1) is 0 Å². The van der Waals surface area contributed by atoms with Gasteiger partial charge in [0.05, 0.1) is 29.6 Å². The third-order valence-electron chi connectivity index (χ3n) is 4.90. The number of aryl methyl sites for hydroxylation is 1. The molecule has 9 nitrogen and oxygen atoms in total. The number of aromatic nitrogens is 2. The number of hydrogen-bond donors (Lipinski definition) is 1. The average Bonchev–Trinajstić information content (AvgIpc) is 3.29. The van der Waals surface area contributed by atoms with Crippen LogP contribution in [0.2, 0.25) is 0 Å². The van der Waals surface area contributed by atoms with E-state index in [0.717, 1.165) is 4.90 Å². The maximum Gasteiger partial charge on any atom is 0.351 e. The number of sulfonamides is 1. The molecule has 3 amide bonds. The van der Waals surface area contributed by atoms with E-state index in [2.05, 4.69) is 14.8 Å². The van der Waals surface area contributed by atoms with E-state index in [0.29, 0.717) is 18.4 Å². The highest BCUT2D eigenvalue weighted by molar-refractivity contribution is 7.90. The molecule has 2 aliphatic carbocycles. The number of carbonyl (C=O) groups is 2. The number of aliphatic imine (C=N–C) groups is 1. The second kappa shape index (κ2) is 6.45. The van der Waals surface area contributed by atoms with Gasteiger partial charge in [0, 0.05) is 18.8 Å². The summed E-state index contributed by atoms with van der Waals surface area (Å²) in [4.78, 5) is 29.9. The molecule has 0 bridgehead atoms. The van der Waals surface area contributed by atoms with E-state index in [4.69, 9.17) is 0 Å². The van der Waals surface area contributed by atoms with Crippen molar-refractivity contribution in [2.45, 2.75) is 30.2 Å².